The zero-order chi connectivity index (χ0) is 13.8. The highest BCUT2D eigenvalue weighted by Gasteiger charge is 2.25. The molecule has 0 saturated carbocycles. The molecular weight excluding hydrogens is 252 g/mol. The van der Waals surface area contributed by atoms with E-state index in [0.717, 1.165) is 0 Å². The monoisotopic (exact) mass is 264 g/mol. The van der Waals surface area contributed by atoms with E-state index in [-0.39, 0.29) is 13.1 Å². The van der Waals surface area contributed by atoms with Crippen molar-refractivity contribution >= 4 is 23.5 Å². The van der Waals surface area contributed by atoms with Crippen molar-refractivity contribution in [1.82, 2.24) is 5.32 Å². The van der Waals surface area contributed by atoms with Gasteiger partial charge in [-0.2, -0.15) is 0 Å². The van der Waals surface area contributed by atoms with Crippen LogP contribution in [0.5, 0.6) is 5.75 Å². The summed E-state index contributed by atoms with van der Waals surface area (Å²) < 4.78 is 5.04. The molecule has 1 aliphatic heterocycles. The second-order valence-electron chi connectivity index (χ2n) is 3.97. The predicted octanol–water partition coefficient (Wildman–Crippen LogP) is -0.387. The maximum atomic E-state index is 11.6. The van der Waals surface area contributed by atoms with Crippen LogP contribution >= 0.6 is 0 Å². The Kier molecular flexibility index (Phi) is 3.65. The van der Waals surface area contributed by atoms with Crippen LogP contribution < -0.4 is 15.0 Å². The summed E-state index contributed by atoms with van der Waals surface area (Å²) in [5.74, 6) is -1.65. The summed E-state index contributed by atoms with van der Waals surface area (Å²) in [7, 11) is 0. The van der Waals surface area contributed by atoms with Crippen LogP contribution in [0.4, 0.5) is 5.69 Å². The van der Waals surface area contributed by atoms with E-state index >= 15 is 0 Å². The number of amides is 1. The van der Waals surface area contributed by atoms with E-state index in [1.54, 1.807) is 29.2 Å². The van der Waals surface area contributed by atoms with Crippen molar-refractivity contribution in [2.24, 2.45) is 0 Å². The molecule has 7 heteroatoms. The molecule has 2 N–H and O–H groups in total. The zero-order valence-corrected chi connectivity index (χ0v) is 9.96. The molecule has 0 bridgehead atoms. The molecule has 1 aromatic carbocycles. The largest absolute Gasteiger partial charge is 0.480 e. The van der Waals surface area contributed by atoms with E-state index < -0.39 is 24.4 Å². The number of rotatable bonds is 4. The van der Waals surface area contributed by atoms with Crippen molar-refractivity contribution in [2.45, 2.75) is 0 Å². The van der Waals surface area contributed by atoms with E-state index in [2.05, 4.69) is 5.32 Å². The number of hydrogen-bond acceptors (Lipinski definition) is 5. The van der Waals surface area contributed by atoms with Gasteiger partial charge in [0.2, 0.25) is 5.91 Å². The van der Waals surface area contributed by atoms with Crippen LogP contribution in [0, 0.1) is 0 Å². The van der Waals surface area contributed by atoms with Gasteiger partial charge in [0.05, 0.1) is 12.2 Å². The smallest absolute Gasteiger partial charge is 0.331 e. The van der Waals surface area contributed by atoms with Crippen molar-refractivity contribution < 1.29 is 24.2 Å². The van der Waals surface area contributed by atoms with Crippen LogP contribution in [0.1, 0.15) is 0 Å². The standard InChI is InChI=1S/C12H12N2O5/c15-10(13-5-11(16)17)6-14-7-12(18)19-9-4-2-1-3-8(9)14/h1-4H,5-7H2,(H,13,15)(H,16,17). The molecule has 0 spiro atoms. The molecule has 0 aromatic heterocycles. The number of carboxylic acid groups (broad SMARTS) is 1. The molecule has 1 amide bonds. The van der Waals surface area contributed by atoms with E-state index in [1.807, 2.05) is 0 Å². The number of nitrogens with zero attached hydrogens (tertiary/aromatic N) is 1. The summed E-state index contributed by atoms with van der Waals surface area (Å²) in [6.45, 7) is -0.588. The fourth-order valence-electron chi connectivity index (χ4n) is 1.75. The lowest BCUT2D eigenvalue weighted by Gasteiger charge is -2.28. The molecule has 0 saturated heterocycles. The molecule has 0 atom stereocenters. The number of esters is 1. The molecule has 0 unspecified atom stereocenters. The number of para-hydroxylation sites is 2. The van der Waals surface area contributed by atoms with Crippen LogP contribution in [0.25, 0.3) is 0 Å². The molecule has 100 valence electrons. The summed E-state index contributed by atoms with van der Waals surface area (Å²) in [5.41, 5.74) is 0.632. The minimum absolute atomic E-state index is 0.0441. The maximum absolute atomic E-state index is 11.6. The van der Waals surface area contributed by atoms with E-state index in [4.69, 9.17) is 9.84 Å². The molecule has 0 fully saturated rings. The van der Waals surface area contributed by atoms with Gasteiger partial charge in [0.1, 0.15) is 13.1 Å². The Hall–Kier alpha value is -2.57. The van der Waals surface area contributed by atoms with Crippen LogP contribution in [0.3, 0.4) is 0 Å². The summed E-state index contributed by atoms with van der Waals surface area (Å²) >= 11 is 0. The number of nitrogens with one attached hydrogen (secondary N) is 1. The second-order valence-corrected chi connectivity index (χ2v) is 3.97. The third-order valence-corrected chi connectivity index (χ3v) is 2.52. The average Bonchev–Trinajstić information content (AvgIpc) is 2.36. The second kappa shape index (κ2) is 5.38. The Bertz CT molecular complexity index is 529. The van der Waals surface area contributed by atoms with Gasteiger partial charge in [0.25, 0.3) is 0 Å². The molecule has 19 heavy (non-hydrogen) atoms. The number of carbonyl (C=O) groups excluding carboxylic acids is 2. The summed E-state index contributed by atoms with van der Waals surface area (Å²) in [6.07, 6.45) is 0. The number of aliphatic carboxylic acids is 1. The number of carboxylic acids is 1. The number of carbonyl (C=O) groups is 3. The van der Waals surface area contributed by atoms with Crippen molar-refractivity contribution in [2.75, 3.05) is 24.5 Å². The lowest BCUT2D eigenvalue weighted by Crippen LogP contribution is -2.44. The summed E-state index contributed by atoms with van der Waals surface area (Å²) in [4.78, 5) is 34.8. The predicted molar refractivity (Wildman–Crippen MR) is 64.9 cm³/mol. The molecule has 2 rings (SSSR count). The highest BCUT2D eigenvalue weighted by molar-refractivity contribution is 5.90. The number of hydrogen-bond donors (Lipinski definition) is 2. The molecule has 1 aliphatic rings. The SMILES string of the molecule is O=C(O)CNC(=O)CN1CC(=O)Oc2ccccc21. The van der Waals surface area contributed by atoms with Gasteiger partial charge in [-0.3, -0.25) is 9.59 Å². The first-order chi connectivity index (χ1) is 9.06. The highest BCUT2D eigenvalue weighted by Crippen LogP contribution is 2.30. The Morgan fingerprint density at radius 1 is 1.37 bits per heavy atom. The molecular formula is C12H12N2O5. The molecule has 7 nitrogen and oxygen atoms in total. The first-order valence-corrected chi connectivity index (χ1v) is 5.59. The highest BCUT2D eigenvalue weighted by atomic mass is 16.5. The maximum Gasteiger partial charge on any atom is 0.331 e. The average molecular weight is 264 g/mol. The fraction of sp³-hybridized carbons (Fsp3) is 0.250. The summed E-state index contributed by atoms with van der Waals surface area (Å²) in [5, 5.41) is 10.7. The number of anilines is 1. The minimum Gasteiger partial charge on any atom is -0.480 e. The van der Waals surface area contributed by atoms with Gasteiger partial charge in [-0.05, 0) is 12.1 Å². The number of fused-ring (bicyclic) bond motifs is 1. The molecule has 0 aliphatic carbocycles. The quantitative estimate of drug-likeness (QED) is 0.568. The lowest BCUT2D eigenvalue weighted by molar-refractivity contribution is -0.138. The van der Waals surface area contributed by atoms with E-state index in [0.29, 0.717) is 11.4 Å². The Morgan fingerprint density at radius 3 is 2.84 bits per heavy atom. The zero-order valence-electron chi connectivity index (χ0n) is 9.96. The van der Waals surface area contributed by atoms with Crippen molar-refractivity contribution in [3.63, 3.8) is 0 Å². The van der Waals surface area contributed by atoms with Crippen molar-refractivity contribution in [1.29, 1.82) is 0 Å². The molecule has 1 aromatic rings. The Labute approximate surface area is 108 Å². The van der Waals surface area contributed by atoms with Crippen LogP contribution in [0.15, 0.2) is 24.3 Å². The van der Waals surface area contributed by atoms with Gasteiger partial charge in [-0.25, -0.2) is 4.79 Å². The first-order valence-electron chi connectivity index (χ1n) is 5.59. The third kappa shape index (κ3) is 3.21. The van der Waals surface area contributed by atoms with Crippen molar-refractivity contribution in [3.8, 4) is 5.75 Å². The Morgan fingerprint density at radius 2 is 2.11 bits per heavy atom. The summed E-state index contributed by atoms with van der Waals surface area (Å²) in [6, 6.07) is 6.85. The van der Waals surface area contributed by atoms with E-state index in [1.165, 1.54) is 0 Å². The normalized spacial score (nSPS) is 13.5. The van der Waals surface area contributed by atoms with Gasteiger partial charge in [0, 0.05) is 0 Å². The van der Waals surface area contributed by atoms with Crippen LogP contribution in [-0.4, -0.2) is 42.6 Å². The Balaban J connectivity index is 2.06. The minimum atomic E-state index is -1.12. The third-order valence-electron chi connectivity index (χ3n) is 2.52. The molecule has 0 radical (unpaired) electrons. The lowest BCUT2D eigenvalue weighted by atomic mass is 10.2. The van der Waals surface area contributed by atoms with Gasteiger partial charge in [0.15, 0.2) is 5.75 Å². The van der Waals surface area contributed by atoms with Gasteiger partial charge < -0.3 is 20.1 Å². The van der Waals surface area contributed by atoms with Gasteiger partial charge >= 0.3 is 11.9 Å². The van der Waals surface area contributed by atoms with Crippen LogP contribution in [-0.2, 0) is 14.4 Å². The number of benzene rings is 1. The fourth-order valence-corrected chi connectivity index (χ4v) is 1.75. The van der Waals surface area contributed by atoms with Gasteiger partial charge in [-0.15, -0.1) is 0 Å². The van der Waals surface area contributed by atoms with E-state index in [9.17, 15) is 14.4 Å². The van der Waals surface area contributed by atoms with Crippen LogP contribution in [0.2, 0.25) is 0 Å². The van der Waals surface area contributed by atoms with Crippen molar-refractivity contribution in [3.05, 3.63) is 24.3 Å². The first kappa shape index (κ1) is 12.9. The molecule has 1 heterocycles. The topological polar surface area (TPSA) is 95.9 Å². The number of ether oxygens (including phenoxy) is 1. The van der Waals surface area contributed by atoms with Gasteiger partial charge in [-0.1, -0.05) is 12.1 Å².